The van der Waals surface area contributed by atoms with Crippen LogP contribution in [-0.4, -0.2) is 7.11 Å². The lowest BCUT2D eigenvalue weighted by atomic mass is 9.98. The van der Waals surface area contributed by atoms with Crippen molar-refractivity contribution in [2.45, 2.75) is 6.04 Å². The molecule has 3 rings (SSSR count). The second kappa shape index (κ2) is 5.63. The number of nitrogens with two attached hydrogens (primary N) is 1. The number of ether oxygens (including phenoxy) is 1. The smallest absolute Gasteiger partial charge is 0.129 e. The molecular weight excluding hydrogens is 268 g/mol. The van der Waals surface area contributed by atoms with Crippen molar-refractivity contribution in [3.8, 4) is 5.75 Å². The first-order chi connectivity index (χ1) is 9.83. The molecule has 0 saturated carbocycles. The van der Waals surface area contributed by atoms with Crippen LogP contribution < -0.4 is 16.0 Å². The molecule has 1 unspecified atom stereocenters. The fourth-order valence-electron chi connectivity index (χ4n) is 2.42. The van der Waals surface area contributed by atoms with Crippen LogP contribution in [0, 0.1) is 0 Å². The minimum atomic E-state index is -0.0324. The van der Waals surface area contributed by atoms with Gasteiger partial charge in [0.25, 0.3) is 0 Å². The van der Waals surface area contributed by atoms with Crippen molar-refractivity contribution in [1.29, 1.82) is 0 Å². The van der Waals surface area contributed by atoms with E-state index in [-0.39, 0.29) is 6.04 Å². The number of fused-ring (bicyclic) bond motifs is 1. The fraction of sp³-hybridized carbons (Fsp3) is 0.125. The topological polar surface area (TPSA) is 47.3 Å². The molecule has 0 amide bonds. The second-order valence-corrected chi connectivity index (χ2v) is 5.50. The van der Waals surface area contributed by atoms with Gasteiger partial charge in [0.05, 0.1) is 13.2 Å². The zero-order valence-corrected chi connectivity index (χ0v) is 12.0. The molecule has 0 aliphatic heterocycles. The highest BCUT2D eigenvalue weighted by atomic mass is 32.1. The van der Waals surface area contributed by atoms with Crippen molar-refractivity contribution in [2.24, 2.45) is 5.84 Å². The summed E-state index contributed by atoms with van der Waals surface area (Å²) >= 11 is 1.64. The van der Waals surface area contributed by atoms with Gasteiger partial charge in [0.15, 0.2) is 0 Å². The lowest BCUT2D eigenvalue weighted by molar-refractivity contribution is 0.416. The van der Waals surface area contributed by atoms with E-state index < -0.39 is 0 Å². The van der Waals surface area contributed by atoms with Gasteiger partial charge in [-0.15, -0.1) is 11.3 Å². The summed E-state index contributed by atoms with van der Waals surface area (Å²) in [6, 6.07) is 16.6. The number of thiophene rings is 1. The van der Waals surface area contributed by atoms with E-state index in [1.807, 2.05) is 17.5 Å². The molecule has 1 aromatic heterocycles. The Kier molecular flexibility index (Phi) is 3.69. The quantitative estimate of drug-likeness (QED) is 0.570. The number of methoxy groups -OCH3 is 1. The van der Waals surface area contributed by atoms with Crippen molar-refractivity contribution in [3.63, 3.8) is 0 Å². The predicted molar refractivity (Wildman–Crippen MR) is 84.0 cm³/mol. The average Bonchev–Trinajstić information content (AvgIpc) is 2.97. The lowest BCUT2D eigenvalue weighted by Crippen LogP contribution is -2.28. The van der Waals surface area contributed by atoms with Crippen LogP contribution in [0.1, 0.15) is 16.5 Å². The molecule has 4 heteroatoms. The van der Waals surface area contributed by atoms with Crippen molar-refractivity contribution in [3.05, 3.63) is 64.4 Å². The van der Waals surface area contributed by atoms with Gasteiger partial charge in [-0.1, -0.05) is 42.5 Å². The summed E-state index contributed by atoms with van der Waals surface area (Å²) in [5.41, 5.74) is 4.10. The summed E-state index contributed by atoms with van der Waals surface area (Å²) in [4.78, 5) is 1.14. The number of rotatable bonds is 4. The molecule has 20 heavy (non-hydrogen) atoms. The van der Waals surface area contributed by atoms with Crippen LogP contribution in [0.25, 0.3) is 10.8 Å². The van der Waals surface area contributed by atoms with E-state index in [0.29, 0.717) is 0 Å². The number of nitrogens with one attached hydrogen (secondary N) is 1. The van der Waals surface area contributed by atoms with Gasteiger partial charge < -0.3 is 4.74 Å². The van der Waals surface area contributed by atoms with Crippen molar-refractivity contribution in [2.75, 3.05) is 7.11 Å². The van der Waals surface area contributed by atoms with Crippen LogP contribution in [0.15, 0.2) is 53.9 Å². The van der Waals surface area contributed by atoms with Gasteiger partial charge in [-0.25, -0.2) is 5.43 Å². The summed E-state index contributed by atoms with van der Waals surface area (Å²) in [7, 11) is 1.68. The summed E-state index contributed by atoms with van der Waals surface area (Å²) in [6.45, 7) is 0. The SMILES string of the molecule is COc1csc(C(NN)c2cccc3ccccc23)c1. The highest BCUT2D eigenvalue weighted by molar-refractivity contribution is 7.10. The van der Waals surface area contributed by atoms with Crippen molar-refractivity contribution >= 4 is 22.1 Å². The minimum Gasteiger partial charge on any atom is -0.496 e. The van der Waals surface area contributed by atoms with E-state index >= 15 is 0 Å². The summed E-state index contributed by atoms with van der Waals surface area (Å²) in [5.74, 6) is 6.66. The van der Waals surface area contributed by atoms with E-state index in [1.165, 1.54) is 16.3 Å². The summed E-state index contributed by atoms with van der Waals surface area (Å²) in [6.07, 6.45) is 0. The molecule has 0 spiro atoms. The Morgan fingerprint density at radius 2 is 1.95 bits per heavy atom. The zero-order valence-electron chi connectivity index (χ0n) is 11.2. The largest absolute Gasteiger partial charge is 0.496 e. The van der Waals surface area contributed by atoms with E-state index in [1.54, 1.807) is 18.4 Å². The van der Waals surface area contributed by atoms with E-state index in [0.717, 1.165) is 10.6 Å². The van der Waals surface area contributed by atoms with Crippen LogP contribution in [0.3, 0.4) is 0 Å². The minimum absolute atomic E-state index is 0.0324. The molecule has 2 aromatic carbocycles. The predicted octanol–water partition coefficient (Wildman–Crippen LogP) is 3.46. The Morgan fingerprint density at radius 1 is 1.15 bits per heavy atom. The molecule has 3 aromatic rings. The third kappa shape index (κ3) is 2.29. The number of hydrogen-bond donors (Lipinski definition) is 2. The Balaban J connectivity index is 2.11. The van der Waals surface area contributed by atoms with E-state index in [4.69, 9.17) is 10.6 Å². The first-order valence-electron chi connectivity index (χ1n) is 6.39. The van der Waals surface area contributed by atoms with Gasteiger partial charge in [0.1, 0.15) is 5.75 Å². The first kappa shape index (κ1) is 13.1. The van der Waals surface area contributed by atoms with Gasteiger partial charge in [-0.3, -0.25) is 5.84 Å². The normalized spacial score (nSPS) is 12.5. The standard InChI is InChI=1S/C16H16N2OS/c1-19-12-9-15(20-10-12)16(18-17)14-8-4-6-11-5-2-3-7-13(11)14/h2-10,16,18H,17H2,1H3. The van der Waals surface area contributed by atoms with Gasteiger partial charge in [-0.05, 0) is 22.4 Å². The molecule has 3 nitrogen and oxygen atoms in total. The molecule has 3 N–H and O–H groups in total. The average molecular weight is 284 g/mol. The van der Waals surface area contributed by atoms with Gasteiger partial charge in [0, 0.05) is 10.3 Å². The maximum Gasteiger partial charge on any atom is 0.129 e. The van der Waals surface area contributed by atoms with Crippen LogP contribution >= 0.6 is 11.3 Å². The summed E-state index contributed by atoms with van der Waals surface area (Å²) < 4.78 is 5.25. The Hall–Kier alpha value is -1.88. The molecule has 0 aliphatic rings. The lowest BCUT2D eigenvalue weighted by Gasteiger charge is -2.17. The molecule has 1 atom stereocenters. The van der Waals surface area contributed by atoms with Gasteiger partial charge >= 0.3 is 0 Å². The molecular formula is C16H16N2OS. The van der Waals surface area contributed by atoms with E-state index in [9.17, 15) is 0 Å². The molecule has 0 saturated heterocycles. The molecule has 0 fully saturated rings. The molecule has 0 bridgehead atoms. The molecule has 1 heterocycles. The van der Waals surface area contributed by atoms with Gasteiger partial charge in [-0.2, -0.15) is 0 Å². The van der Waals surface area contributed by atoms with Crippen LogP contribution in [0.5, 0.6) is 5.75 Å². The molecule has 102 valence electrons. The maximum absolute atomic E-state index is 5.79. The van der Waals surface area contributed by atoms with Crippen LogP contribution in [-0.2, 0) is 0 Å². The third-order valence-electron chi connectivity index (χ3n) is 3.42. The van der Waals surface area contributed by atoms with Crippen LogP contribution in [0.4, 0.5) is 0 Å². The zero-order chi connectivity index (χ0) is 13.9. The van der Waals surface area contributed by atoms with Crippen molar-refractivity contribution < 1.29 is 4.74 Å². The number of hydrazine groups is 1. The highest BCUT2D eigenvalue weighted by Gasteiger charge is 2.17. The molecule has 0 aliphatic carbocycles. The highest BCUT2D eigenvalue weighted by Crippen LogP contribution is 2.33. The van der Waals surface area contributed by atoms with Crippen molar-refractivity contribution in [1.82, 2.24) is 5.43 Å². The number of benzene rings is 2. The maximum atomic E-state index is 5.79. The monoisotopic (exact) mass is 284 g/mol. The van der Waals surface area contributed by atoms with Crippen LogP contribution in [0.2, 0.25) is 0 Å². The number of hydrogen-bond acceptors (Lipinski definition) is 4. The Bertz CT molecular complexity index is 718. The Morgan fingerprint density at radius 3 is 2.70 bits per heavy atom. The fourth-order valence-corrected chi connectivity index (χ4v) is 3.35. The second-order valence-electron chi connectivity index (χ2n) is 4.56. The summed E-state index contributed by atoms with van der Waals surface area (Å²) in [5, 5.41) is 4.42. The first-order valence-corrected chi connectivity index (χ1v) is 7.27. The van der Waals surface area contributed by atoms with E-state index in [2.05, 4.69) is 41.8 Å². The third-order valence-corrected chi connectivity index (χ3v) is 4.39. The van der Waals surface area contributed by atoms with Gasteiger partial charge in [0.2, 0.25) is 0 Å². The Labute approximate surface area is 122 Å². The molecule has 0 radical (unpaired) electrons.